The first-order chi connectivity index (χ1) is 14.2. The summed E-state index contributed by atoms with van der Waals surface area (Å²) in [6.45, 7) is 2.62. The molecule has 4 rings (SSSR count). The molecule has 148 valence electrons. The number of hydrogen-bond donors (Lipinski definition) is 0. The number of thiazole rings is 1. The molecule has 29 heavy (non-hydrogen) atoms. The van der Waals surface area contributed by atoms with Gasteiger partial charge in [0.05, 0.1) is 17.9 Å². The molecule has 0 unspecified atom stereocenters. The zero-order chi connectivity index (χ0) is 20.2. The number of hydrogen-bond acceptors (Lipinski definition) is 6. The van der Waals surface area contributed by atoms with E-state index in [0.29, 0.717) is 23.7 Å². The molecule has 0 saturated heterocycles. The molecule has 2 aromatic carbocycles. The highest BCUT2D eigenvalue weighted by molar-refractivity contribution is 7.98. The first-order valence-corrected chi connectivity index (χ1v) is 11.0. The summed E-state index contributed by atoms with van der Waals surface area (Å²) >= 11 is 3.14. The van der Waals surface area contributed by atoms with Gasteiger partial charge < -0.3 is 9.30 Å². The van der Waals surface area contributed by atoms with Crippen LogP contribution in [0.25, 0.3) is 22.0 Å². The van der Waals surface area contributed by atoms with Crippen molar-refractivity contribution in [2.45, 2.75) is 17.8 Å². The third kappa shape index (κ3) is 4.33. The molecular formula is C21H19FN4OS2. The average molecular weight is 427 g/mol. The summed E-state index contributed by atoms with van der Waals surface area (Å²) < 4.78 is 21.3. The van der Waals surface area contributed by atoms with Crippen molar-refractivity contribution in [3.8, 4) is 27.7 Å². The molecule has 0 aliphatic carbocycles. The average Bonchev–Trinajstić information content (AvgIpc) is 3.35. The molecule has 0 bridgehead atoms. The minimum Gasteiger partial charge on any atom is -0.494 e. The Morgan fingerprint density at radius 2 is 1.90 bits per heavy atom. The van der Waals surface area contributed by atoms with E-state index in [4.69, 9.17) is 9.72 Å². The highest BCUT2D eigenvalue weighted by atomic mass is 32.2. The Balaban J connectivity index is 1.45. The number of halogens is 1. The molecule has 0 amide bonds. The van der Waals surface area contributed by atoms with E-state index in [-0.39, 0.29) is 5.82 Å². The summed E-state index contributed by atoms with van der Waals surface area (Å²) in [5.74, 6) is 1.73. The maximum Gasteiger partial charge on any atom is 0.191 e. The van der Waals surface area contributed by atoms with Crippen LogP contribution in [0.2, 0.25) is 0 Å². The van der Waals surface area contributed by atoms with Gasteiger partial charge in [-0.2, -0.15) is 0 Å². The lowest BCUT2D eigenvalue weighted by molar-refractivity contribution is 0.340. The second kappa shape index (κ2) is 8.75. The van der Waals surface area contributed by atoms with Crippen molar-refractivity contribution in [1.29, 1.82) is 0 Å². The van der Waals surface area contributed by atoms with Gasteiger partial charge in [0.2, 0.25) is 0 Å². The molecule has 2 heterocycles. The van der Waals surface area contributed by atoms with Gasteiger partial charge in [0.1, 0.15) is 16.6 Å². The van der Waals surface area contributed by atoms with Crippen LogP contribution in [0.5, 0.6) is 5.75 Å². The number of nitrogens with zero attached hydrogens (tertiary/aromatic N) is 4. The van der Waals surface area contributed by atoms with E-state index < -0.39 is 0 Å². The van der Waals surface area contributed by atoms with Crippen LogP contribution in [-0.2, 0) is 12.8 Å². The Morgan fingerprint density at radius 3 is 2.66 bits per heavy atom. The monoisotopic (exact) mass is 426 g/mol. The van der Waals surface area contributed by atoms with E-state index in [9.17, 15) is 4.39 Å². The van der Waals surface area contributed by atoms with Crippen LogP contribution in [0.15, 0.2) is 59.1 Å². The van der Waals surface area contributed by atoms with Crippen LogP contribution in [0, 0.1) is 5.82 Å². The lowest BCUT2D eigenvalue weighted by atomic mass is 10.2. The molecule has 2 aromatic heterocycles. The molecule has 0 spiro atoms. The molecule has 4 aromatic rings. The van der Waals surface area contributed by atoms with Gasteiger partial charge in [-0.15, -0.1) is 21.5 Å². The van der Waals surface area contributed by atoms with Gasteiger partial charge in [0.25, 0.3) is 0 Å². The fourth-order valence-electron chi connectivity index (χ4n) is 2.82. The predicted octanol–water partition coefficient (Wildman–Crippen LogP) is 5.44. The molecule has 5 nitrogen and oxygen atoms in total. The molecule has 0 atom stereocenters. The maximum absolute atomic E-state index is 14.0. The lowest BCUT2D eigenvalue weighted by Gasteiger charge is -2.04. The van der Waals surface area contributed by atoms with Crippen LogP contribution in [-0.4, -0.2) is 26.4 Å². The van der Waals surface area contributed by atoms with Crippen LogP contribution >= 0.6 is 23.1 Å². The third-order valence-electron chi connectivity index (χ3n) is 4.26. The molecule has 8 heteroatoms. The summed E-state index contributed by atoms with van der Waals surface area (Å²) in [5, 5.41) is 12.1. The predicted molar refractivity (Wildman–Crippen MR) is 115 cm³/mol. The van der Waals surface area contributed by atoms with Crippen molar-refractivity contribution in [3.63, 3.8) is 0 Å². The van der Waals surface area contributed by atoms with Crippen molar-refractivity contribution >= 4 is 23.1 Å². The topological polar surface area (TPSA) is 52.8 Å². The van der Waals surface area contributed by atoms with E-state index in [1.165, 1.54) is 17.8 Å². The molecular weight excluding hydrogens is 407 g/mol. The number of ether oxygens (including phenoxy) is 1. The Kier molecular flexibility index (Phi) is 5.92. The van der Waals surface area contributed by atoms with Gasteiger partial charge in [0, 0.05) is 23.7 Å². The zero-order valence-electron chi connectivity index (χ0n) is 16.0. The van der Waals surface area contributed by atoms with Crippen LogP contribution in [0.3, 0.4) is 0 Å². The first kappa shape index (κ1) is 19.6. The number of benzene rings is 2. The lowest BCUT2D eigenvalue weighted by Crippen LogP contribution is -1.96. The number of thioether (sulfide) groups is 1. The van der Waals surface area contributed by atoms with Crippen molar-refractivity contribution in [3.05, 3.63) is 65.4 Å². The van der Waals surface area contributed by atoms with Gasteiger partial charge >= 0.3 is 0 Å². The normalized spacial score (nSPS) is 11.0. The summed E-state index contributed by atoms with van der Waals surface area (Å²) in [7, 11) is 1.84. The minimum atomic E-state index is -0.306. The van der Waals surface area contributed by atoms with Crippen molar-refractivity contribution < 1.29 is 9.13 Å². The molecule has 0 aliphatic heterocycles. The van der Waals surface area contributed by atoms with Gasteiger partial charge in [0.15, 0.2) is 11.0 Å². The van der Waals surface area contributed by atoms with Gasteiger partial charge in [-0.3, -0.25) is 0 Å². The fourth-order valence-corrected chi connectivity index (χ4v) is 4.56. The third-order valence-corrected chi connectivity index (χ3v) is 6.26. The molecule has 0 radical (unpaired) electrons. The van der Waals surface area contributed by atoms with Crippen LogP contribution in [0.1, 0.15) is 12.6 Å². The molecule has 0 aliphatic rings. The van der Waals surface area contributed by atoms with Gasteiger partial charge in [-0.25, -0.2) is 9.37 Å². The zero-order valence-corrected chi connectivity index (χ0v) is 17.6. The largest absolute Gasteiger partial charge is 0.494 e. The van der Waals surface area contributed by atoms with E-state index >= 15 is 0 Å². The minimum absolute atomic E-state index is 0.306. The van der Waals surface area contributed by atoms with Crippen LogP contribution in [0.4, 0.5) is 4.39 Å². The smallest absolute Gasteiger partial charge is 0.191 e. The summed E-state index contributed by atoms with van der Waals surface area (Å²) in [5.41, 5.74) is 2.48. The van der Waals surface area contributed by atoms with E-state index in [1.54, 1.807) is 29.5 Å². The molecule has 0 fully saturated rings. The molecule has 0 saturated carbocycles. The Bertz CT molecular complexity index is 1110. The van der Waals surface area contributed by atoms with E-state index in [1.807, 2.05) is 48.2 Å². The maximum atomic E-state index is 14.0. The van der Waals surface area contributed by atoms with Gasteiger partial charge in [-0.1, -0.05) is 23.9 Å². The highest BCUT2D eigenvalue weighted by Crippen LogP contribution is 2.30. The second-order valence-electron chi connectivity index (χ2n) is 6.24. The van der Waals surface area contributed by atoms with E-state index in [2.05, 4.69) is 10.2 Å². The highest BCUT2D eigenvalue weighted by Gasteiger charge is 2.15. The quantitative estimate of drug-likeness (QED) is 0.369. The Labute approximate surface area is 176 Å². The van der Waals surface area contributed by atoms with Gasteiger partial charge in [-0.05, 0) is 43.3 Å². The van der Waals surface area contributed by atoms with Crippen molar-refractivity contribution in [2.75, 3.05) is 6.61 Å². The Morgan fingerprint density at radius 1 is 1.10 bits per heavy atom. The standard InChI is InChI=1S/C21H19FN4OS2/c1-3-27-16-10-8-14(9-11-16)20-23-15(12-28-20)13-29-21-25-24-19(26(21)2)17-6-4-5-7-18(17)22/h4-12H,3,13H2,1-2H3. The fraction of sp³-hybridized carbons (Fsp3) is 0.190. The molecule has 0 N–H and O–H groups in total. The number of rotatable bonds is 7. The number of aromatic nitrogens is 4. The summed E-state index contributed by atoms with van der Waals surface area (Å²) in [6, 6.07) is 14.5. The van der Waals surface area contributed by atoms with Crippen molar-refractivity contribution in [1.82, 2.24) is 19.7 Å². The SMILES string of the molecule is CCOc1ccc(-c2nc(CSc3nnc(-c4ccccc4F)n3C)cs2)cc1. The summed E-state index contributed by atoms with van der Waals surface area (Å²) in [6.07, 6.45) is 0. The Hall–Kier alpha value is -2.71. The summed E-state index contributed by atoms with van der Waals surface area (Å²) in [4.78, 5) is 4.72. The second-order valence-corrected chi connectivity index (χ2v) is 8.04. The first-order valence-electron chi connectivity index (χ1n) is 9.10. The van der Waals surface area contributed by atoms with Crippen molar-refractivity contribution in [2.24, 2.45) is 7.05 Å². The van der Waals surface area contributed by atoms with Crippen LogP contribution < -0.4 is 4.74 Å². The van der Waals surface area contributed by atoms with E-state index in [0.717, 1.165) is 27.2 Å².